The monoisotopic (exact) mass is 248 g/mol. The Bertz CT molecular complexity index is 630. The average molecular weight is 248 g/mol. The Hall–Kier alpha value is -2.37. The van der Waals surface area contributed by atoms with E-state index in [1.54, 1.807) is 26.0 Å². The van der Waals surface area contributed by atoms with E-state index in [-0.39, 0.29) is 18.0 Å². The van der Waals surface area contributed by atoms with Gasteiger partial charge in [0, 0.05) is 11.5 Å². The third-order valence-corrected chi connectivity index (χ3v) is 2.54. The first kappa shape index (κ1) is 12.1. The summed E-state index contributed by atoms with van der Waals surface area (Å²) in [5.41, 5.74) is 1.29. The van der Waals surface area contributed by atoms with Gasteiger partial charge in [-0.25, -0.2) is 4.79 Å². The number of rotatable bonds is 3. The van der Waals surface area contributed by atoms with E-state index in [0.717, 1.165) is 5.56 Å². The predicted octanol–water partition coefficient (Wildman–Crippen LogP) is 2.56. The number of nitrogens with one attached hydrogen (secondary N) is 1. The minimum Gasteiger partial charge on any atom is -0.461 e. The van der Waals surface area contributed by atoms with Crippen molar-refractivity contribution in [2.24, 2.45) is 0 Å². The molecule has 0 radical (unpaired) electrons. The summed E-state index contributed by atoms with van der Waals surface area (Å²) in [6, 6.07) is 4.81. The molecule has 1 heterocycles. The number of nitro benzene ring substituents is 1. The van der Waals surface area contributed by atoms with Gasteiger partial charge in [-0.05, 0) is 31.5 Å². The van der Waals surface area contributed by atoms with Crippen molar-refractivity contribution in [1.29, 1.82) is 0 Å². The van der Waals surface area contributed by atoms with Gasteiger partial charge in [0.1, 0.15) is 11.2 Å². The average Bonchev–Trinajstić information content (AvgIpc) is 2.71. The zero-order valence-corrected chi connectivity index (χ0v) is 10.0. The molecular formula is C12H12N2O4. The Kier molecular flexibility index (Phi) is 3.01. The molecule has 0 saturated carbocycles. The molecule has 1 aromatic heterocycles. The van der Waals surface area contributed by atoms with Crippen LogP contribution in [0.3, 0.4) is 0 Å². The molecule has 18 heavy (non-hydrogen) atoms. The van der Waals surface area contributed by atoms with Crippen LogP contribution in [0, 0.1) is 17.0 Å². The van der Waals surface area contributed by atoms with Crippen molar-refractivity contribution in [3.63, 3.8) is 0 Å². The van der Waals surface area contributed by atoms with Crippen LogP contribution in [-0.2, 0) is 4.74 Å². The van der Waals surface area contributed by atoms with E-state index >= 15 is 0 Å². The van der Waals surface area contributed by atoms with Crippen LogP contribution in [0.25, 0.3) is 10.9 Å². The van der Waals surface area contributed by atoms with E-state index in [9.17, 15) is 14.9 Å². The Morgan fingerprint density at radius 1 is 1.44 bits per heavy atom. The van der Waals surface area contributed by atoms with Gasteiger partial charge in [-0.15, -0.1) is 0 Å². The molecule has 0 fully saturated rings. The van der Waals surface area contributed by atoms with Gasteiger partial charge >= 0.3 is 5.97 Å². The number of esters is 1. The highest BCUT2D eigenvalue weighted by molar-refractivity contribution is 5.98. The predicted molar refractivity (Wildman–Crippen MR) is 65.6 cm³/mol. The lowest BCUT2D eigenvalue weighted by Gasteiger charge is -1.97. The molecule has 0 atom stereocenters. The minimum absolute atomic E-state index is 0.0412. The van der Waals surface area contributed by atoms with Gasteiger partial charge in [0.05, 0.1) is 11.5 Å². The minimum atomic E-state index is -0.513. The van der Waals surface area contributed by atoms with Gasteiger partial charge in [-0.2, -0.15) is 0 Å². The Labute approximate surface area is 103 Å². The first-order chi connectivity index (χ1) is 8.52. The molecule has 0 aliphatic heterocycles. The van der Waals surface area contributed by atoms with E-state index in [1.807, 2.05) is 0 Å². The van der Waals surface area contributed by atoms with Gasteiger partial charge in [-0.3, -0.25) is 10.1 Å². The molecule has 0 aliphatic rings. The fourth-order valence-corrected chi connectivity index (χ4v) is 1.83. The molecule has 6 heteroatoms. The summed E-state index contributed by atoms with van der Waals surface area (Å²) in [5.74, 6) is -0.513. The van der Waals surface area contributed by atoms with Crippen LogP contribution in [-0.4, -0.2) is 22.5 Å². The largest absolute Gasteiger partial charge is 0.461 e. The summed E-state index contributed by atoms with van der Waals surface area (Å²) in [7, 11) is 0. The highest BCUT2D eigenvalue weighted by Gasteiger charge is 2.18. The van der Waals surface area contributed by atoms with Crippen molar-refractivity contribution in [1.82, 2.24) is 4.98 Å². The van der Waals surface area contributed by atoms with E-state index in [0.29, 0.717) is 10.9 Å². The van der Waals surface area contributed by atoms with Crippen molar-refractivity contribution in [3.8, 4) is 0 Å². The van der Waals surface area contributed by atoms with Gasteiger partial charge in [0.15, 0.2) is 0 Å². The molecule has 6 nitrogen and oxygen atoms in total. The van der Waals surface area contributed by atoms with E-state index < -0.39 is 10.9 Å². The van der Waals surface area contributed by atoms with Crippen molar-refractivity contribution >= 4 is 22.6 Å². The van der Waals surface area contributed by atoms with Crippen LogP contribution in [0.4, 0.5) is 5.69 Å². The number of fused-ring (bicyclic) bond motifs is 1. The Morgan fingerprint density at radius 2 is 2.17 bits per heavy atom. The molecule has 0 unspecified atom stereocenters. The number of hydrogen-bond donors (Lipinski definition) is 1. The third-order valence-electron chi connectivity index (χ3n) is 2.54. The molecule has 1 N–H and O–H groups in total. The van der Waals surface area contributed by atoms with Gasteiger partial charge in [0.25, 0.3) is 5.69 Å². The normalized spacial score (nSPS) is 10.6. The lowest BCUT2D eigenvalue weighted by Crippen LogP contribution is -2.04. The van der Waals surface area contributed by atoms with Crippen LogP contribution in [0.1, 0.15) is 23.0 Å². The SMILES string of the molecule is CCOC(=O)c1cc2cc(C)cc([N+](=O)[O-])c2[nH]1. The second-order valence-electron chi connectivity index (χ2n) is 3.91. The standard InChI is InChI=1S/C12H12N2O4/c1-3-18-12(15)9-6-8-4-7(2)5-10(14(16)17)11(8)13-9/h4-6,13H,3H2,1-2H3. The summed E-state index contributed by atoms with van der Waals surface area (Å²) in [4.78, 5) is 24.8. The van der Waals surface area contributed by atoms with Crippen LogP contribution in [0.15, 0.2) is 18.2 Å². The number of carbonyl (C=O) groups excluding carboxylic acids is 1. The van der Waals surface area contributed by atoms with E-state index in [2.05, 4.69) is 4.98 Å². The fourth-order valence-electron chi connectivity index (χ4n) is 1.83. The number of carbonyl (C=O) groups is 1. The maximum atomic E-state index is 11.6. The van der Waals surface area contributed by atoms with E-state index in [1.165, 1.54) is 6.07 Å². The first-order valence-corrected chi connectivity index (χ1v) is 5.47. The number of hydrogen-bond acceptors (Lipinski definition) is 4. The number of aromatic nitrogens is 1. The molecule has 0 amide bonds. The summed E-state index contributed by atoms with van der Waals surface area (Å²) < 4.78 is 4.85. The zero-order valence-electron chi connectivity index (χ0n) is 10.0. The highest BCUT2D eigenvalue weighted by atomic mass is 16.6. The number of H-pyrrole nitrogens is 1. The quantitative estimate of drug-likeness (QED) is 0.514. The number of aromatic amines is 1. The molecular weight excluding hydrogens is 236 g/mol. The summed E-state index contributed by atoms with van der Waals surface area (Å²) >= 11 is 0. The molecule has 0 aliphatic carbocycles. The molecule has 0 saturated heterocycles. The van der Waals surface area contributed by atoms with Crippen LogP contribution in [0.2, 0.25) is 0 Å². The number of non-ortho nitro benzene ring substituents is 1. The highest BCUT2D eigenvalue weighted by Crippen LogP contribution is 2.27. The zero-order chi connectivity index (χ0) is 13.3. The molecule has 1 aromatic carbocycles. The molecule has 2 rings (SSSR count). The van der Waals surface area contributed by atoms with Gasteiger partial charge in [0.2, 0.25) is 0 Å². The van der Waals surface area contributed by atoms with Crippen LogP contribution < -0.4 is 0 Å². The summed E-state index contributed by atoms with van der Waals surface area (Å²) in [5, 5.41) is 11.6. The topological polar surface area (TPSA) is 85.2 Å². The smallest absolute Gasteiger partial charge is 0.354 e. The molecule has 0 spiro atoms. The fraction of sp³-hybridized carbons (Fsp3) is 0.250. The first-order valence-electron chi connectivity index (χ1n) is 5.47. The van der Waals surface area contributed by atoms with Gasteiger partial charge in [-0.1, -0.05) is 0 Å². The lowest BCUT2D eigenvalue weighted by molar-refractivity contribution is -0.383. The molecule has 0 bridgehead atoms. The maximum Gasteiger partial charge on any atom is 0.354 e. The summed E-state index contributed by atoms with van der Waals surface area (Å²) in [6.07, 6.45) is 0. The molecule has 94 valence electrons. The second kappa shape index (κ2) is 4.48. The van der Waals surface area contributed by atoms with Crippen LogP contribution in [0.5, 0.6) is 0 Å². The van der Waals surface area contributed by atoms with Crippen molar-refractivity contribution < 1.29 is 14.5 Å². The lowest BCUT2D eigenvalue weighted by atomic mass is 10.1. The van der Waals surface area contributed by atoms with Crippen molar-refractivity contribution in [3.05, 3.63) is 39.6 Å². The maximum absolute atomic E-state index is 11.6. The number of nitro groups is 1. The Balaban J connectivity index is 2.60. The number of ether oxygens (including phenoxy) is 1. The van der Waals surface area contributed by atoms with Crippen LogP contribution >= 0.6 is 0 Å². The number of aryl methyl sites for hydroxylation is 1. The number of nitrogens with zero attached hydrogens (tertiary/aromatic N) is 1. The Morgan fingerprint density at radius 3 is 2.78 bits per heavy atom. The second-order valence-corrected chi connectivity index (χ2v) is 3.91. The van der Waals surface area contributed by atoms with Gasteiger partial charge < -0.3 is 9.72 Å². The van der Waals surface area contributed by atoms with E-state index in [4.69, 9.17) is 4.74 Å². The molecule has 2 aromatic rings. The summed E-state index contributed by atoms with van der Waals surface area (Å²) in [6.45, 7) is 3.73. The van der Waals surface area contributed by atoms with Crippen molar-refractivity contribution in [2.45, 2.75) is 13.8 Å². The third kappa shape index (κ3) is 2.04. The number of benzene rings is 1. The van der Waals surface area contributed by atoms with Crippen molar-refractivity contribution in [2.75, 3.05) is 6.61 Å².